The van der Waals surface area contributed by atoms with Crippen molar-refractivity contribution in [1.82, 2.24) is 0 Å². The maximum absolute atomic E-state index is 10.8. The fraction of sp³-hybridized carbons (Fsp3) is 0. The molecule has 0 spiro atoms. The van der Waals surface area contributed by atoms with Crippen LogP contribution in [0.4, 0.5) is 16.8 Å². The Morgan fingerprint density at radius 1 is 1.38 bits per heavy atom. The zero-order valence-electron chi connectivity index (χ0n) is 3.22. The SMILES string of the molecule is O=P(F)(F)OP(F)F. The van der Waals surface area contributed by atoms with Crippen LogP contribution in [-0.4, -0.2) is 0 Å². The minimum atomic E-state index is -5.94. The summed E-state index contributed by atoms with van der Waals surface area (Å²) < 4.78 is 54.5. The van der Waals surface area contributed by atoms with Crippen LogP contribution in [0.2, 0.25) is 0 Å². The molecule has 0 aromatic carbocycles. The monoisotopic (exact) mass is 170 g/mol. The summed E-state index contributed by atoms with van der Waals surface area (Å²) in [5.74, 6) is 0. The van der Waals surface area contributed by atoms with Crippen molar-refractivity contribution in [2.45, 2.75) is 0 Å². The van der Waals surface area contributed by atoms with E-state index in [4.69, 9.17) is 4.57 Å². The average molecular weight is 170 g/mol. The van der Waals surface area contributed by atoms with Crippen LogP contribution < -0.4 is 0 Å². The van der Waals surface area contributed by atoms with Crippen LogP contribution in [0.5, 0.6) is 0 Å². The van der Waals surface area contributed by atoms with Gasteiger partial charge in [0.25, 0.3) is 0 Å². The first-order valence-electron chi connectivity index (χ1n) is 1.22. The second kappa shape index (κ2) is 2.76. The second-order valence-electron chi connectivity index (χ2n) is 0.698. The molecule has 0 amide bonds. The topological polar surface area (TPSA) is 26.3 Å². The van der Waals surface area contributed by atoms with E-state index in [2.05, 4.69) is 4.31 Å². The van der Waals surface area contributed by atoms with Gasteiger partial charge in [0.15, 0.2) is 0 Å². The standard InChI is InChI=1S/F4O2P2/c1-7(2)6-8(3,4)5. The van der Waals surface area contributed by atoms with Gasteiger partial charge in [0.2, 0.25) is 0 Å². The lowest BCUT2D eigenvalue weighted by atomic mass is 15.8. The highest BCUT2D eigenvalue weighted by molar-refractivity contribution is 7.58. The summed E-state index contributed by atoms with van der Waals surface area (Å²) in [5, 5.41) is 0. The van der Waals surface area contributed by atoms with Crippen molar-refractivity contribution < 1.29 is 25.7 Å². The molecule has 0 aromatic rings. The van der Waals surface area contributed by atoms with E-state index in [0.717, 1.165) is 0 Å². The highest BCUT2D eigenvalue weighted by Gasteiger charge is 2.27. The maximum Gasteiger partial charge on any atom is 0.559 e. The lowest BCUT2D eigenvalue weighted by molar-refractivity contribution is 0.377. The van der Waals surface area contributed by atoms with Crippen LogP contribution in [0.3, 0.4) is 0 Å². The van der Waals surface area contributed by atoms with E-state index in [1.54, 1.807) is 0 Å². The van der Waals surface area contributed by atoms with Crippen LogP contribution in [-0.2, 0) is 8.88 Å². The van der Waals surface area contributed by atoms with E-state index in [-0.39, 0.29) is 0 Å². The van der Waals surface area contributed by atoms with Gasteiger partial charge in [-0.15, -0.1) is 8.39 Å². The van der Waals surface area contributed by atoms with Gasteiger partial charge in [0.05, 0.1) is 0 Å². The quantitative estimate of drug-likeness (QED) is 0.469. The van der Waals surface area contributed by atoms with E-state index < -0.39 is 16.8 Å². The Morgan fingerprint density at radius 2 is 1.75 bits per heavy atom. The molecule has 0 radical (unpaired) electrons. The van der Waals surface area contributed by atoms with Crippen molar-refractivity contribution in [3.8, 4) is 0 Å². The molecular formula is F4O2P2. The van der Waals surface area contributed by atoms with Crippen molar-refractivity contribution in [1.29, 1.82) is 0 Å². The summed E-state index contributed by atoms with van der Waals surface area (Å²) in [5.41, 5.74) is 0. The molecule has 0 heterocycles. The van der Waals surface area contributed by atoms with Gasteiger partial charge < -0.3 is 0 Å². The van der Waals surface area contributed by atoms with E-state index in [1.807, 2.05) is 0 Å². The molecule has 0 N–H and O–H groups in total. The molecule has 0 aliphatic carbocycles. The maximum atomic E-state index is 10.8. The zero-order chi connectivity index (χ0) is 6.78. The molecule has 0 aromatic heterocycles. The smallest absolute Gasteiger partial charge is 0.218 e. The summed E-state index contributed by atoms with van der Waals surface area (Å²) in [6.45, 7) is 0. The Labute approximate surface area is 43.6 Å². The Kier molecular flexibility index (Phi) is 2.88. The first-order valence-corrected chi connectivity index (χ1v) is 3.67. The van der Waals surface area contributed by atoms with Crippen molar-refractivity contribution in [3.63, 3.8) is 0 Å². The van der Waals surface area contributed by atoms with E-state index in [9.17, 15) is 16.8 Å². The minimum absolute atomic E-state index is 2.39. The molecule has 2 nitrogen and oxygen atoms in total. The lowest BCUT2D eigenvalue weighted by Gasteiger charge is -1.93. The van der Waals surface area contributed by atoms with Gasteiger partial charge in [-0.2, -0.15) is 12.7 Å². The van der Waals surface area contributed by atoms with Crippen molar-refractivity contribution in [3.05, 3.63) is 0 Å². The minimum Gasteiger partial charge on any atom is -0.218 e. The molecule has 0 aliphatic heterocycles. The van der Waals surface area contributed by atoms with E-state index in [0.29, 0.717) is 0 Å². The van der Waals surface area contributed by atoms with Gasteiger partial charge in [-0.05, 0) is 0 Å². The normalized spacial score (nSPS) is 12.6. The van der Waals surface area contributed by atoms with E-state index >= 15 is 0 Å². The highest BCUT2D eigenvalue weighted by atomic mass is 31.3. The molecule has 0 bridgehead atoms. The Bertz CT molecular complexity index is 105. The highest BCUT2D eigenvalue weighted by Crippen LogP contribution is 2.62. The van der Waals surface area contributed by atoms with E-state index in [1.165, 1.54) is 0 Å². The van der Waals surface area contributed by atoms with Crippen LogP contribution in [0, 0.1) is 0 Å². The largest absolute Gasteiger partial charge is 0.559 e. The first kappa shape index (κ1) is 8.34. The second-order valence-corrected chi connectivity index (χ2v) is 2.58. The summed E-state index contributed by atoms with van der Waals surface area (Å²) in [4.78, 5) is 0. The van der Waals surface area contributed by atoms with Crippen molar-refractivity contribution >= 4 is 16.8 Å². The van der Waals surface area contributed by atoms with Gasteiger partial charge >= 0.3 is 16.8 Å². The fourth-order valence-corrected chi connectivity index (χ4v) is 0.647. The Hall–Kier alpha value is 0.340. The number of rotatable bonds is 2. The molecule has 0 saturated heterocycles. The molecular weight excluding hydrogens is 170 g/mol. The van der Waals surface area contributed by atoms with Crippen LogP contribution in [0.25, 0.3) is 0 Å². The van der Waals surface area contributed by atoms with Gasteiger partial charge in [-0.25, -0.2) is 4.57 Å². The van der Waals surface area contributed by atoms with Crippen molar-refractivity contribution in [2.24, 2.45) is 0 Å². The van der Waals surface area contributed by atoms with Crippen LogP contribution >= 0.6 is 16.8 Å². The molecule has 0 atom stereocenters. The molecule has 50 valence electrons. The third-order valence-corrected chi connectivity index (χ3v) is 1.41. The Balaban J connectivity index is 3.56. The molecule has 0 aliphatic rings. The molecule has 8 heavy (non-hydrogen) atoms. The summed E-state index contributed by atoms with van der Waals surface area (Å²) >= 11 is 0. The lowest BCUT2D eigenvalue weighted by Crippen LogP contribution is -1.61. The van der Waals surface area contributed by atoms with Crippen molar-refractivity contribution in [2.75, 3.05) is 0 Å². The van der Waals surface area contributed by atoms with Gasteiger partial charge in [0.1, 0.15) is 0 Å². The number of halogens is 4. The fourth-order valence-electron chi connectivity index (χ4n) is 0.0719. The number of hydrogen-bond acceptors (Lipinski definition) is 2. The summed E-state index contributed by atoms with van der Waals surface area (Å²) in [6.07, 6.45) is 0. The molecule has 0 saturated carbocycles. The van der Waals surface area contributed by atoms with Crippen LogP contribution in [0.1, 0.15) is 0 Å². The first-order chi connectivity index (χ1) is 3.42. The average Bonchev–Trinajstić information content (AvgIpc) is 1.21. The molecule has 0 unspecified atom stereocenters. The summed E-state index contributed by atoms with van der Waals surface area (Å²) in [6, 6.07) is 0. The van der Waals surface area contributed by atoms with Gasteiger partial charge in [-0.1, -0.05) is 0 Å². The zero-order valence-corrected chi connectivity index (χ0v) is 5.01. The van der Waals surface area contributed by atoms with Gasteiger partial charge in [-0.3, -0.25) is 0 Å². The predicted octanol–water partition coefficient (Wildman–Crippen LogP) is 3.22. The third kappa shape index (κ3) is 6.34. The molecule has 0 fully saturated rings. The van der Waals surface area contributed by atoms with Gasteiger partial charge in [0, 0.05) is 0 Å². The summed E-state index contributed by atoms with van der Waals surface area (Å²) in [7, 11) is -10.1. The molecule has 0 rings (SSSR count). The predicted molar refractivity (Wildman–Crippen MR) is 20.0 cm³/mol. The Morgan fingerprint density at radius 3 is 1.75 bits per heavy atom. The van der Waals surface area contributed by atoms with Crippen LogP contribution in [0.15, 0.2) is 0 Å². The third-order valence-electron chi connectivity index (χ3n) is 0.157. The number of hydrogen-bond donors (Lipinski definition) is 0. The molecule has 8 heteroatoms.